The van der Waals surface area contributed by atoms with E-state index < -0.39 is 5.60 Å². The van der Waals surface area contributed by atoms with Crippen LogP contribution in [0.5, 0.6) is 0 Å². The van der Waals surface area contributed by atoms with Crippen LogP contribution in [0, 0.1) is 5.92 Å². The quantitative estimate of drug-likeness (QED) is 0.811. The molecule has 5 heteroatoms. The second kappa shape index (κ2) is 6.76. The molecule has 1 saturated heterocycles. The van der Waals surface area contributed by atoms with Crippen molar-refractivity contribution in [2.24, 2.45) is 5.92 Å². The van der Waals surface area contributed by atoms with Crippen molar-refractivity contribution in [2.45, 2.75) is 64.1 Å². The van der Waals surface area contributed by atoms with Crippen LogP contribution in [0.1, 0.15) is 46.5 Å². The van der Waals surface area contributed by atoms with Gasteiger partial charge in [0, 0.05) is 12.6 Å². The second-order valence-corrected chi connectivity index (χ2v) is 6.93. The molecule has 0 aromatic carbocycles. The molecule has 1 amide bonds. The van der Waals surface area contributed by atoms with Gasteiger partial charge in [0.15, 0.2) is 0 Å². The highest BCUT2D eigenvalue weighted by atomic mass is 16.6. The van der Waals surface area contributed by atoms with Crippen LogP contribution >= 0.6 is 0 Å². The molecule has 1 heterocycles. The third-order valence-corrected chi connectivity index (χ3v) is 3.92. The van der Waals surface area contributed by atoms with Gasteiger partial charge in [0.25, 0.3) is 0 Å². The van der Waals surface area contributed by atoms with Crippen molar-refractivity contribution >= 4 is 6.09 Å². The van der Waals surface area contributed by atoms with Gasteiger partial charge in [-0.3, -0.25) is 0 Å². The standard InChI is InChI=1S/C15H28N2O3/c1-15(2,3)20-14(18)16-8-13(11-6-4-5-7-11)17-12-9-19-10-12/h11-13,17H,4-10H2,1-3H3,(H,16,18). The van der Waals surface area contributed by atoms with Crippen molar-refractivity contribution in [1.29, 1.82) is 0 Å². The van der Waals surface area contributed by atoms with Gasteiger partial charge in [-0.2, -0.15) is 0 Å². The fraction of sp³-hybridized carbons (Fsp3) is 0.933. The molecule has 116 valence electrons. The van der Waals surface area contributed by atoms with Gasteiger partial charge in [-0.25, -0.2) is 4.79 Å². The van der Waals surface area contributed by atoms with E-state index in [2.05, 4.69) is 10.6 Å². The Balaban J connectivity index is 1.78. The van der Waals surface area contributed by atoms with Crippen LogP contribution in [0.25, 0.3) is 0 Å². The molecule has 2 N–H and O–H groups in total. The van der Waals surface area contributed by atoms with Gasteiger partial charge in [-0.1, -0.05) is 12.8 Å². The summed E-state index contributed by atoms with van der Waals surface area (Å²) in [6.45, 7) is 7.85. The molecule has 0 radical (unpaired) electrons. The number of hydrogen-bond donors (Lipinski definition) is 2. The molecule has 1 aliphatic heterocycles. The largest absolute Gasteiger partial charge is 0.444 e. The summed E-state index contributed by atoms with van der Waals surface area (Å²) in [5.41, 5.74) is -0.442. The van der Waals surface area contributed by atoms with E-state index in [0.717, 1.165) is 13.2 Å². The maximum Gasteiger partial charge on any atom is 0.407 e. The zero-order chi connectivity index (χ0) is 14.6. The lowest BCUT2D eigenvalue weighted by atomic mass is 9.97. The Labute approximate surface area is 121 Å². The fourth-order valence-electron chi connectivity index (χ4n) is 2.86. The number of rotatable bonds is 5. The molecule has 5 nitrogen and oxygen atoms in total. The molecule has 20 heavy (non-hydrogen) atoms. The van der Waals surface area contributed by atoms with Crippen molar-refractivity contribution in [3.8, 4) is 0 Å². The minimum Gasteiger partial charge on any atom is -0.444 e. The van der Waals surface area contributed by atoms with E-state index in [1.54, 1.807) is 0 Å². The molecule has 2 rings (SSSR count). The average Bonchev–Trinajstić information content (AvgIpc) is 2.77. The zero-order valence-corrected chi connectivity index (χ0v) is 12.9. The Bertz CT molecular complexity index is 318. The van der Waals surface area contributed by atoms with Gasteiger partial charge < -0.3 is 20.1 Å². The summed E-state index contributed by atoms with van der Waals surface area (Å²) in [6.07, 6.45) is 4.78. The van der Waals surface area contributed by atoms with Crippen LogP contribution in [0.2, 0.25) is 0 Å². The number of hydrogen-bond acceptors (Lipinski definition) is 4. The normalized spacial score (nSPS) is 22.4. The lowest BCUT2D eigenvalue weighted by Gasteiger charge is -2.34. The lowest BCUT2D eigenvalue weighted by Crippen LogP contribution is -2.55. The maximum atomic E-state index is 11.8. The summed E-state index contributed by atoms with van der Waals surface area (Å²) < 4.78 is 10.5. The average molecular weight is 284 g/mol. The number of nitrogens with one attached hydrogen (secondary N) is 2. The van der Waals surface area contributed by atoms with Crippen LogP contribution in [0.15, 0.2) is 0 Å². The summed E-state index contributed by atoms with van der Waals surface area (Å²) in [5, 5.41) is 6.52. The Hall–Kier alpha value is -0.810. The minimum atomic E-state index is -0.442. The van der Waals surface area contributed by atoms with Crippen molar-refractivity contribution in [3.05, 3.63) is 0 Å². The van der Waals surface area contributed by atoms with E-state index >= 15 is 0 Å². The highest BCUT2D eigenvalue weighted by molar-refractivity contribution is 5.67. The Morgan fingerprint density at radius 1 is 1.30 bits per heavy atom. The predicted molar refractivity (Wildman–Crippen MR) is 77.7 cm³/mol. The van der Waals surface area contributed by atoms with E-state index in [4.69, 9.17) is 9.47 Å². The zero-order valence-electron chi connectivity index (χ0n) is 12.9. The predicted octanol–water partition coefficient (Wildman–Crippen LogP) is 2.06. The van der Waals surface area contributed by atoms with Gasteiger partial charge in [-0.05, 0) is 39.5 Å². The van der Waals surface area contributed by atoms with E-state index in [0.29, 0.717) is 24.5 Å². The van der Waals surface area contributed by atoms with E-state index in [-0.39, 0.29) is 6.09 Å². The smallest absolute Gasteiger partial charge is 0.407 e. The van der Waals surface area contributed by atoms with Gasteiger partial charge >= 0.3 is 6.09 Å². The summed E-state index contributed by atoms with van der Waals surface area (Å²) in [7, 11) is 0. The first kappa shape index (κ1) is 15.6. The van der Waals surface area contributed by atoms with Crippen molar-refractivity contribution < 1.29 is 14.3 Å². The van der Waals surface area contributed by atoms with E-state index in [1.807, 2.05) is 20.8 Å². The van der Waals surface area contributed by atoms with Crippen LogP contribution in [-0.4, -0.2) is 43.5 Å². The van der Waals surface area contributed by atoms with Gasteiger partial charge in [0.2, 0.25) is 0 Å². The fourth-order valence-corrected chi connectivity index (χ4v) is 2.86. The maximum absolute atomic E-state index is 11.8. The van der Waals surface area contributed by atoms with E-state index in [9.17, 15) is 4.79 Å². The summed E-state index contributed by atoms with van der Waals surface area (Å²) in [6, 6.07) is 0.778. The molecule has 1 saturated carbocycles. The molecule has 2 fully saturated rings. The molecule has 1 aliphatic carbocycles. The first-order valence-electron chi connectivity index (χ1n) is 7.75. The number of alkyl carbamates (subject to hydrolysis) is 1. The number of carbonyl (C=O) groups excluding carboxylic acids is 1. The van der Waals surface area contributed by atoms with Crippen molar-refractivity contribution in [2.75, 3.05) is 19.8 Å². The van der Waals surface area contributed by atoms with Gasteiger partial charge in [0.05, 0.1) is 19.3 Å². The first-order valence-corrected chi connectivity index (χ1v) is 7.75. The first-order chi connectivity index (χ1) is 9.44. The van der Waals surface area contributed by atoms with Crippen LogP contribution in [0.4, 0.5) is 4.79 Å². The summed E-state index contributed by atoms with van der Waals surface area (Å²) in [4.78, 5) is 11.8. The topological polar surface area (TPSA) is 59.6 Å². The molecule has 1 atom stereocenters. The molecule has 0 aromatic rings. The van der Waals surface area contributed by atoms with Gasteiger partial charge in [-0.15, -0.1) is 0 Å². The summed E-state index contributed by atoms with van der Waals surface area (Å²) in [5.74, 6) is 0.658. The van der Waals surface area contributed by atoms with Crippen LogP contribution in [-0.2, 0) is 9.47 Å². The summed E-state index contributed by atoms with van der Waals surface area (Å²) >= 11 is 0. The highest BCUT2D eigenvalue weighted by Crippen LogP contribution is 2.28. The highest BCUT2D eigenvalue weighted by Gasteiger charge is 2.30. The SMILES string of the molecule is CC(C)(C)OC(=O)NCC(NC1COC1)C1CCCC1. The number of amides is 1. The lowest BCUT2D eigenvalue weighted by molar-refractivity contribution is -0.0133. The Kier molecular flexibility index (Phi) is 5.27. The number of carbonyl (C=O) groups is 1. The molecular weight excluding hydrogens is 256 g/mol. The molecule has 2 aliphatic rings. The van der Waals surface area contributed by atoms with Crippen molar-refractivity contribution in [1.82, 2.24) is 10.6 Å². The monoisotopic (exact) mass is 284 g/mol. The van der Waals surface area contributed by atoms with E-state index in [1.165, 1.54) is 25.7 Å². The Morgan fingerprint density at radius 2 is 1.95 bits per heavy atom. The molecular formula is C15H28N2O3. The van der Waals surface area contributed by atoms with Gasteiger partial charge in [0.1, 0.15) is 5.60 Å². The second-order valence-electron chi connectivity index (χ2n) is 6.93. The molecule has 1 unspecified atom stereocenters. The third kappa shape index (κ3) is 4.94. The Morgan fingerprint density at radius 3 is 2.45 bits per heavy atom. The minimum absolute atomic E-state index is 0.327. The molecule has 0 spiro atoms. The van der Waals surface area contributed by atoms with Crippen LogP contribution < -0.4 is 10.6 Å². The molecule has 0 aromatic heterocycles. The third-order valence-electron chi connectivity index (χ3n) is 3.92. The number of ether oxygens (including phenoxy) is 2. The van der Waals surface area contributed by atoms with Crippen molar-refractivity contribution in [3.63, 3.8) is 0 Å². The molecule has 0 bridgehead atoms. The van der Waals surface area contributed by atoms with Crippen LogP contribution in [0.3, 0.4) is 0 Å².